The number of rotatable bonds is 3. The quantitative estimate of drug-likeness (QED) is 0.925. The van der Waals surface area contributed by atoms with Crippen molar-refractivity contribution in [1.29, 1.82) is 0 Å². The van der Waals surface area contributed by atoms with E-state index in [0.29, 0.717) is 22.0 Å². The lowest BCUT2D eigenvalue weighted by Crippen LogP contribution is -2.00. The fourth-order valence-electron chi connectivity index (χ4n) is 2.07. The summed E-state index contributed by atoms with van der Waals surface area (Å²) < 4.78 is 5.23. The van der Waals surface area contributed by atoms with E-state index in [4.69, 9.17) is 16.1 Å². The molecule has 0 radical (unpaired) electrons. The Labute approximate surface area is 115 Å². The summed E-state index contributed by atoms with van der Waals surface area (Å²) in [5.74, 6) is -0.317. The van der Waals surface area contributed by atoms with Crippen molar-refractivity contribution in [2.45, 2.75) is 25.7 Å². The van der Waals surface area contributed by atoms with Crippen LogP contribution in [0.4, 0.5) is 0 Å². The number of carboxylic acid groups (broad SMARTS) is 1. The van der Waals surface area contributed by atoms with Crippen LogP contribution in [0.3, 0.4) is 0 Å². The van der Waals surface area contributed by atoms with Crippen LogP contribution in [-0.4, -0.2) is 16.2 Å². The fourth-order valence-corrected chi connectivity index (χ4v) is 2.25. The van der Waals surface area contributed by atoms with Gasteiger partial charge in [0.1, 0.15) is 11.3 Å². The number of hydrogen-bond acceptors (Lipinski definition) is 3. The molecule has 3 rings (SSSR count). The summed E-state index contributed by atoms with van der Waals surface area (Å²) in [7, 11) is 0. The Bertz CT molecular complexity index is 659. The monoisotopic (exact) mass is 277 g/mol. The molecule has 0 bridgehead atoms. The zero-order chi connectivity index (χ0) is 13.6. The second kappa shape index (κ2) is 4.38. The summed E-state index contributed by atoms with van der Waals surface area (Å²) in [5, 5.41) is 13.9. The smallest absolute Gasteiger partial charge is 0.341 e. The van der Waals surface area contributed by atoms with Crippen LogP contribution in [0, 0.1) is 6.92 Å². The van der Waals surface area contributed by atoms with E-state index in [-0.39, 0.29) is 11.5 Å². The summed E-state index contributed by atoms with van der Waals surface area (Å²) in [6.07, 6.45) is 1.92. The minimum absolute atomic E-state index is 0.169. The molecule has 4 nitrogen and oxygen atoms in total. The molecule has 0 unspecified atom stereocenters. The molecule has 0 amide bonds. The van der Waals surface area contributed by atoms with E-state index in [0.717, 1.165) is 18.4 Å². The van der Waals surface area contributed by atoms with Gasteiger partial charge in [-0.05, 0) is 31.4 Å². The zero-order valence-electron chi connectivity index (χ0n) is 10.3. The van der Waals surface area contributed by atoms with Crippen molar-refractivity contribution in [3.63, 3.8) is 0 Å². The summed E-state index contributed by atoms with van der Waals surface area (Å²) in [6.45, 7) is 1.89. The van der Waals surface area contributed by atoms with E-state index in [2.05, 4.69) is 5.16 Å². The van der Waals surface area contributed by atoms with Gasteiger partial charge in [0.2, 0.25) is 0 Å². The van der Waals surface area contributed by atoms with Crippen LogP contribution in [-0.2, 0) is 0 Å². The number of nitrogens with zero attached hydrogens (tertiary/aromatic N) is 1. The highest BCUT2D eigenvalue weighted by Crippen LogP contribution is 2.44. The Kier molecular flexibility index (Phi) is 2.82. The van der Waals surface area contributed by atoms with E-state index in [9.17, 15) is 9.90 Å². The molecule has 1 fully saturated rings. The zero-order valence-corrected chi connectivity index (χ0v) is 11.1. The first-order valence-electron chi connectivity index (χ1n) is 6.07. The maximum absolute atomic E-state index is 11.4. The molecule has 98 valence electrons. The van der Waals surface area contributed by atoms with Crippen LogP contribution in [0.1, 0.15) is 40.4 Å². The molecule has 19 heavy (non-hydrogen) atoms. The Morgan fingerprint density at radius 1 is 1.47 bits per heavy atom. The standard InChI is InChI=1S/C14H12ClNO3/c1-7-2-3-9(6-10(7)15)12-11(14(17)18)13(19-16-12)8-4-5-8/h2-3,6,8H,4-5H2,1H3,(H,17,18). The highest BCUT2D eigenvalue weighted by atomic mass is 35.5. The SMILES string of the molecule is Cc1ccc(-c2noc(C3CC3)c2C(=O)O)cc1Cl. The molecule has 0 saturated heterocycles. The van der Waals surface area contributed by atoms with Crippen molar-refractivity contribution in [3.8, 4) is 11.3 Å². The molecule has 1 aliphatic rings. The third kappa shape index (κ3) is 2.12. The Morgan fingerprint density at radius 2 is 2.21 bits per heavy atom. The molecule has 1 N–H and O–H groups in total. The number of hydrogen-bond donors (Lipinski definition) is 1. The van der Waals surface area contributed by atoms with Crippen LogP contribution in [0.15, 0.2) is 22.7 Å². The predicted molar refractivity (Wildman–Crippen MR) is 70.6 cm³/mol. The van der Waals surface area contributed by atoms with Crippen molar-refractivity contribution in [2.75, 3.05) is 0 Å². The number of aromatic carboxylic acids is 1. The molecule has 1 saturated carbocycles. The summed E-state index contributed by atoms with van der Waals surface area (Å²) in [5.41, 5.74) is 2.13. The van der Waals surface area contributed by atoms with Gasteiger partial charge in [-0.1, -0.05) is 28.9 Å². The number of carbonyl (C=O) groups is 1. The maximum atomic E-state index is 11.4. The Hall–Kier alpha value is -1.81. The molecule has 1 aliphatic carbocycles. The largest absolute Gasteiger partial charge is 0.477 e. The predicted octanol–water partition coefficient (Wildman–Crippen LogP) is 3.88. The van der Waals surface area contributed by atoms with Gasteiger partial charge in [-0.2, -0.15) is 0 Å². The van der Waals surface area contributed by atoms with E-state index < -0.39 is 5.97 Å². The van der Waals surface area contributed by atoms with Crippen molar-refractivity contribution in [1.82, 2.24) is 5.16 Å². The Balaban J connectivity index is 2.13. The van der Waals surface area contributed by atoms with E-state index in [1.807, 2.05) is 19.1 Å². The topological polar surface area (TPSA) is 63.3 Å². The first-order valence-corrected chi connectivity index (χ1v) is 6.45. The molecule has 1 aromatic heterocycles. The molecular weight excluding hydrogens is 266 g/mol. The van der Waals surface area contributed by atoms with Crippen molar-refractivity contribution >= 4 is 17.6 Å². The second-order valence-electron chi connectivity index (χ2n) is 4.81. The average Bonchev–Trinajstić information content (AvgIpc) is 3.11. The van der Waals surface area contributed by atoms with Crippen LogP contribution in [0.2, 0.25) is 5.02 Å². The molecule has 1 aromatic carbocycles. The summed E-state index contributed by atoms with van der Waals surface area (Å²) in [4.78, 5) is 11.4. The van der Waals surface area contributed by atoms with Gasteiger partial charge in [-0.25, -0.2) is 4.79 Å². The maximum Gasteiger partial charge on any atom is 0.341 e. The average molecular weight is 278 g/mol. The van der Waals surface area contributed by atoms with E-state index >= 15 is 0 Å². The third-order valence-corrected chi connectivity index (χ3v) is 3.73. The number of carboxylic acids is 1. The number of aryl methyl sites for hydroxylation is 1. The fraction of sp³-hybridized carbons (Fsp3) is 0.286. The first-order chi connectivity index (χ1) is 9.08. The minimum Gasteiger partial charge on any atom is -0.477 e. The van der Waals surface area contributed by atoms with Crippen molar-refractivity contribution in [3.05, 3.63) is 40.1 Å². The van der Waals surface area contributed by atoms with Gasteiger partial charge in [0.15, 0.2) is 5.76 Å². The van der Waals surface area contributed by atoms with Gasteiger partial charge in [0.05, 0.1) is 0 Å². The molecular formula is C14H12ClNO3. The first kappa shape index (κ1) is 12.2. The summed E-state index contributed by atoms with van der Waals surface area (Å²) >= 11 is 6.07. The molecule has 1 heterocycles. The number of benzene rings is 1. The molecule has 5 heteroatoms. The molecule has 0 spiro atoms. The van der Waals surface area contributed by atoms with E-state index in [1.165, 1.54) is 0 Å². The van der Waals surface area contributed by atoms with Gasteiger partial charge in [0.25, 0.3) is 0 Å². The van der Waals surface area contributed by atoms with Gasteiger partial charge in [-0.3, -0.25) is 0 Å². The second-order valence-corrected chi connectivity index (χ2v) is 5.22. The molecule has 2 aromatic rings. The van der Waals surface area contributed by atoms with Gasteiger partial charge < -0.3 is 9.63 Å². The van der Waals surface area contributed by atoms with Crippen molar-refractivity contribution < 1.29 is 14.4 Å². The number of halogens is 1. The Morgan fingerprint density at radius 3 is 2.79 bits per heavy atom. The lowest BCUT2D eigenvalue weighted by Gasteiger charge is -2.02. The van der Waals surface area contributed by atoms with Crippen LogP contribution in [0.25, 0.3) is 11.3 Å². The van der Waals surface area contributed by atoms with E-state index in [1.54, 1.807) is 6.07 Å². The van der Waals surface area contributed by atoms with Gasteiger partial charge in [0, 0.05) is 16.5 Å². The van der Waals surface area contributed by atoms with Crippen LogP contribution < -0.4 is 0 Å². The number of aromatic nitrogens is 1. The van der Waals surface area contributed by atoms with Crippen LogP contribution >= 0.6 is 11.6 Å². The minimum atomic E-state index is -1.00. The van der Waals surface area contributed by atoms with Gasteiger partial charge in [-0.15, -0.1) is 0 Å². The third-order valence-electron chi connectivity index (χ3n) is 3.33. The van der Waals surface area contributed by atoms with Crippen molar-refractivity contribution in [2.24, 2.45) is 0 Å². The summed E-state index contributed by atoms with van der Waals surface area (Å²) in [6, 6.07) is 5.37. The highest BCUT2D eigenvalue weighted by molar-refractivity contribution is 6.31. The lowest BCUT2D eigenvalue weighted by atomic mass is 10.0. The highest BCUT2D eigenvalue weighted by Gasteiger charge is 2.35. The van der Waals surface area contributed by atoms with Crippen LogP contribution in [0.5, 0.6) is 0 Å². The normalized spacial score (nSPS) is 14.6. The lowest BCUT2D eigenvalue weighted by molar-refractivity contribution is 0.0695. The molecule has 0 aliphatic heterocycles. The molecule has 0 atom stereocenters. The van der Waals surface area contributed by atoms with Gasteiger partial charge >= 0.3 is 5.97 Å².